The maximum absolute atomic E-state index is 12.9. The van der Waals surface area contributed by atoms with Crippen molar-refractivity contribution in [2.45, 2.75) is 11.7 Å². The van der Waals surface area contributed by atoms with Gasteiger partial charge in [0, 0.05) is 16.8 Å². The number of rotatable bonds is 9. The Morgan fingerprint density at radius 3 is 2.56 bits per heavy atom. The van der Waals surface area contributed by atoms with Crippen molar-refractivity contribution < 1.29 is 27.1 Å². The molecule has 1 aliphatic heterocycles. The maximum atomic E-state index is 12.9. The van der Waals surface area contributed by atoms with E-state index in [-0.39, 0.29) is 11.5 Å². The highest BCUT2D eigenvalue weighted by molar-refractivity contribution is 7.99. The zero-order valence-electron chi connectivity index (χ0n) is 19.2. The normalized spacial score (nSPS) is 12.9. The van der Waals surface area contributed by atoms with Gasteiger partial charge in [-0.2, -0.15) is 0 Å². The Morgan fingerprint density at radius 2 is 1.83 bits per heavy atom. The van der Waals surface area contributed by atoms with Crippen LogP contribution in [-0.2, 0) is 16.6 Å². The first kappa shape index (κ1) is 23.9. The fourth-order valence-electron chi connectivity index (χ4n) is 3.64. The molecule has 0 spiro atoms. The number of hydrogen-bond acceptors (Lipinski definition) is 9. The summed E-state index contributed by atoms with van der Waals surface area (Å²) in [4.78, 5) is 12.9. The molecule has 0 unspecified atom stereocenters. The van der Waals surface area contributed by atoms with Crippen molar-refractivity contribution in [1.29, 1.82) is 0 Å². The highest BCUT2D eigenvalue weighted by Gasteiger charge is 2.19. The van der Waals surface area contributed by atoms with E-state index in [1.165, 1.54) is 11.8 Å². The second kappa shape index (κ2) is 10.1. The van der Waals surface area contributed by atoms with E-state index in [4.69, 9.17) is 13.9 Å². The molecule has 36 heavy (non-hydrogen) atoms. The van der Waals surface area contributed by atoms with E-state index < -0.39 is 10.0 Å². The average Bonchev–Trinajstić information content (AvgIpc) is 3.52. The molecule has 0 saturated carbocycles. The number of ketones is 1. The van der Waals surface area contributed by atoms with Crippen LogP contribution < -0.4 is 14.2 Å². The van der Waals surface area contributed by atoms with Gasteiger partial charge < -0.3 is 13.9 Å². The molecule has 186 valence electrons. The second-order valence-electron chi connectivity index (χ2n) is 7.99. The van der Waals surface area contributed by atoms with Gasteiger partial charge in [-0.15, -0.1) is 10.2 Å². The maximum Gasteiger partial charge on any atom is 0.229 e. The Kier molecular flexibility index (Phi) is 6.70. The third-order valence-corrected chi connectivity index (χ3v) is 6.83. The third kappa shape index (κ3) is 5.55. The van der Waals surface area contributed by atoms with Crippen LogP contribution >= 0.6 is 11.8 Å². The van der Waals surface area contributed by atoms with Gasteiger partial charge in [0.15, 0.2) is 28.3 Å². The van der Waals surface area contributed by atoms with Gasteiger partial charge in [-0.3, -0.25) is 14.1 Å². The number of nitrogens with one attached hydrogen (secondary N) is 1. The average molecular weight is 527 g/mol. The van der Waals surface area contributed by atoms with E-state index >= 15 is 0 Å². The predicted octanol–water partition coefficient (Wildman–Crippen LogP) is 3.70. The number of sulfonamides is 1. The largest absolute Gasteiger partial charge is 0.486 e. The lowest BCUT2D eigenvalue weighted by Gasteiger charge is -2.18. The van der Waals surface area contributed by atoms with Crippen molar-refractivity contribution in [3.63, 3.8) is 0 Å². The summed E-state index contributed by atoms with van der Waals surface area (Å²) in [5, 5.41) is 9.21. The SMILES string of the molecule is CS(=O)(=O)Nc1ccc(-c2nnc(SCC(=O)c3ccc4c(c3)OCCO4)n2Cc2ccco2)cc1. The summed E-state index contributed by atoms with van der Waals surface area (Å²) in [5.74, 6) is 2.52. The number of nitrogens with zero attached hydrogens (tertiary/aromatic N) is 3. The summed E-state index contributed by atoms with van der Waals surface area (Å²) in [5.41, 5.74) is 1.70. The van der Waals surface area contributed by atoms with Crippen LogP contribution in [0, 0.1) is 0 Å². The zero-order valence-corrected chi connectivity index (χ0v) is 20.8. The molecule has 1 aliphatic rings. The highest BCUT2D eigenvalue weighted by atomic mass is 32.2. The number of Topliss-reactive ketones (excluding diaryl/α,β-unsaturated/α-hetero) is 1. The summed E-state index contributed by atoms with van der Waals surface area (Å²) in [7, 11) is -3.38. The Balaban J connectivity index is 1.37. The van der Waals surface area contributed by atoms with E-state index in [0.29, 0.717) is 59.2 Å². The molecule has 3 heterocycles. The fraction of sp³-hybridized carbons (Fsp3) is 0.208. The van der Waals surface area contributed by atoms with Crippen LogP contribution in [0.15, 0.2) is 70.4 Å². The molecule has 1 N–H and O–H groups in total. The highest BCUT2D eigenvalue weighted by Crippen LogP contribution is 2.32. The van der Waals surface area contributed by atoms with Crippen LogP contribution in [0.4, 0.5) is 5.69 Å². The first-order valence-electron chi connectivity index (χ1n) is 11.0. The molecule has 0 atom stereocenters. The Hall–Kier alpha value is -3.77. The molecular weight excluding hydrogens is 504 g/mol. The summed E-state index contributed by atoms with van der Waals surface area (Å²) < 4.78 is 43.9. The third-order valence-electron chi connectivity index (χ3n) is 5.25. The van der Waals surface area contributed by atoms with E-state index in [0.717, 1.165) is 11.8 Å². The fourth-order valence-corrected chi connectivity index (χ4v) is 5.04. The number of benzene rings is 2. The van der Waals surface area contributed by atoms with Gasteiger partial charge in [-0.05, 0) is 54.6 Å². The van der Waals surface area contributed by atoms with Crippen LogP contribution in [0.5, 0.6) is 11.5 Å². The first-order valence-corrected chi connectivity index (χ1v) is 13.8. The molecule has 0 saturated heterocycles. The van der Waals surface area contributed by atoms with E-state index in [1.54, 1.807) is 54.8 Å². The van der Waals surface area contributed by atoms with Crippen LogP contribution in [0.2, 0.25) is 0 Å². The van der Waals surface area contributed by atoms with Crippen molar-refractivity contribution in [3.05, 3.63) is 72.2 Å². The second-order valence-corrected chi connectivity index (χ2v) is 10.7. The number of furan rings is 1. The van der Waals surface area contributed by atoms with Gasteiger partial charge in [0.1, 0.15) is 19.0 Å². The molecule has 0 aliphatic carbocycles. The van der Waals surface area contributed by atoms with Gasteiger partial charge in [0.05, 0.1) is 24.8 Å². The lowest BCUT2D eigenvalue weighted by Crippen LogP contribution is -2.16. The minimum Gasteiger partial charge on any atom is -0.486 e. The summed E-state index contributed by atoms with van der Waals surface area (Å²) in [6.07, 6.45) is 2.68. The first-order chi connectivity index (χ1) is 17.4. The topological polar surface area (TPSA) is 126 Å². The molecular formula is C24H22N4O6S2. The monoisotopic (exact) mass is 526 g/mol. The van der Waals surface area contributed by atoms with Crippen molar-refractivity contribution in [2.24, 2.45) is 0 Å². The lowest BCUT2D eigenvalue weighted by atomic mass is 10.1. The number of carbonyl (C=O) groups excluding carboxylic acids is 1. The Labute approximate surface area is 211 Å². The van der Waals surface area contributed by atoms with Crippen LogP contribution in [0.1, 0.15) is 16.1 Å². The van der Waals surface area contributed by atoms with Gasteiger partial charge >= 0.3 is 0 Å². The molecule has 2 aromatic heterocycles. The molecule has 4 aromatic rings. The van der Waals surface area contributed by atoms with Crippen LogP contribution in [0.3, 0.4) is 0 Å². The van der Waals surface area contributed by atoms with Gasteiger partial charge in [0.2, 0.25) is 10.0 Å². The van der Waals surface area contributed by atoms with Crippen molar-refractivity contribution in [3.8, 4) is 22.9 Å². The van der Waals surface area contributed by atoms with E-state index in [9.17, 15) is 13.2 Å². The lowest BCUT2D eigenvalue weighted by molar-refractivity contribution is 0.102. The summed E-state index contributed by atoms with van der Waals surface area (Å²) in [6, 6.07) is 15.6. The zero-order chi connectivity index (χ0) is 25.1. The van der Waals surface area contributed by atoms with E-state index in [1.807, 2.05) is 10.6 Å². The number of anilines is 1. The summed E-state index contributed by atoms with van der Waals surface area (Å²) >= 11 is 1.27. The molecule has 2 aromatic carbocycles. The van der Waals surface area contributed by atoms with Crippen molar-refractivity contribution in [1.82, 2.24) is 14.8 Å². The van der Waals surface area contributed by atoms with Crippen molar-refractivity contribution >= 4 is 33.3 Å². The molecule has 0 fully saturated rings. The van der Waals surface area contributed by atoms with Crippen LogP contribution in [0.25, 0.3) is 11.4 Å². The number of fused-ring (bicyclic) bond motifs is 1. The molecule has 12 heteroatoms. The van der Waals surface area contributed by atoms with Gasteiger partial charge in [-0.25, -0.2) is 8.42 Å². The number of hydrogen-bond donors (Lipinski definition) is 1. The Morgan fingerprint density at radius 1 is 1.06 bits per heavy atom. The standard InChI is InChI=1S/C24H22N4O6S2/c1-36(30,31)27-18-7-4-16(5-8-18)23-25-26-24(28(23)14-19-3-2-10-32-19)35-15-20(29)17-6-9-21-22(13-17)34-12-11-33-21/h2-10,13,27H,11-12,14-15H2,1H3. The minimum absolute atomic E-state index is 0.0812. The smallest absolute Gasteiger partial charge is 0.229 e. The number of aromatic nitrogens is 3. The van der Waals surface area contributed by atoms with Crippen LogP contribution in [-0.4, -0.2) is 54.2 Å². The predicted molar refractivity (Wildman–Crippen MR) is 134 cm³/mol. The minimum atomic E-state index is -3.38. The number of thioether (sulfide) groups is 1. The van der Waals surface area contributed by atoms with Gasteiger partial charge in [0.25, 0.3) is 0 Å². The number of ether oxygens (including phenoxy) is 2. The van der Waals surface area contributed by atoms with Crippen molar-refractivity contribution in [2.75, 3.05) is 29.9 Å². The Bertz CT molecular complexity index is 1480. The molecule has 0 bridgehead atoms. The molecule has 0 radical (unpaired) electrons. The molecule has 5 rings (SSSR count). The summed E-state index contributed by atoms with van der Waals surface area (Å²) in [6.45, 7) is 1.29. The number of carbonyl (C=O) groups is 1. The molecule has 0 amide bonds. The van der Waals surface area contributed by atoms with E-state index in [2.05, 4.69) is 14.9 Å². The molecule has 10 nitrogen and oxygen atoms in total. The quantitative estimate of drug-likeness (QED) is 0.257. The van der Waals surface area contributed by atoms with Gasteiger partial charge in [-0.1, -0.05) is 11.8 Å².